The molecule has 0 atom stereocenters. The predicted octanol–water partition coefficient (Wildman–Crippen LogP) is 3.45. The molecule has 0 saturated heterocycles. The van der Waals surface area contributed by atoms with Crippen molar-refractivity contribution in [2.24, 2.45) is 0 Å². The molecule has 2 aromatic rings. The van der Waals surface area contributed by atoms with Crippen molar-refractivity contribution in [1.29, 1.82) is 0 Å². The Hall–Kier alpha value is -1.72. The monoisotopic (exact) mass is 304 g/mol. The van der Waals surface area contributed by atoms with Gasteiger partial charge in [0, 0.05) is 17.5 Å². The third-order valence-electron chi connectivity index (χ3n) is 3.21. The van der Waals surface area contributed by atoms with E-state index in [2.05, 4.69) is 43.1 Å². The Kier molecular flexibility index (Phi) is 5.09. The number of carboxylic acids is 1. The van der Waals surface area contributed by atoms with Gasteiger partial charge in [-0.15, -0.1) is 11.3 Å². The van der Waals surface area contributed by atoms with Crippen molar-refractivity contribution in [3.63, 3.8) is 0 Å². The first-order valence-corrected chi connectivity index (χ1v) is 7.78. The summed E-state index contributed by atoms with van der Waals surface area (Å²) in [6.45, 7) is 4.92. The van der Waals surface area contributed by atoms with E-state index >= 15 is 0 Å². The molecule has 1 aromatic heterocycles. The van der Waals surface area contributed by atoms with Crippen LogP contribution >= 0.6 is 11.3 Å². The first kappa shape index (κ1) is 15.7. The van der Waals surface area contributed by atoms with Gasteiger partial charge in [0.05, 0.1) is 12.2 Å². The molecule has 2 rings (SSSR count). The maximum atomic E-state index is 10.7. The third-order valence-corrected chi connectivity index (χ3v) is 4.15. The quantitative estimate of drug-likeness (QED) is 0.888. The number of likely N-dealkylation sites (N-methyl/N-ethyl adjacent to an activating group) is 1. The molecule has 0 bridgehead atoms. The van der Waals surface area contributed by atoms with Gasteiger partial charge >= 0.3 is 5.97 Å². The van der Waals surface area contributed by atoms with Gasteiger partial charge in [0.2, 0.25) is 0 Å². The summed E-state index contributed by atoms with van der Waals surface area (Å²) in [5.74, 6) is -0.298. The van der Waals surface area contributed by atoms with Crippen LogP contribution in [0.1, 0.15) is 31.0 Å². The van der Waals surface area contributed by atoms with Gasteiger partial charge in [-0.3, -0.25) is 9.69 Å². The second-order valence-corrected chi connectivity index (χ2v) is 6.34. The van der Waals surface area contributed by atoms with Crippen molar-refractivity contribution < 1.29 is 9.90 Å². The summed E-state index contributed by atoms with van der Waals surface area (Å²) < 4.78 is 0. The van der Waals surface area contributed by atoms with E-state index in [9.17, 15) is 4.79 Å². The van der Waals surface area contributed by atoms with E-state index in [-0.39, 0.29) is 6.54 Å². The van der Waals surface area contributed by atoms with Crippen molar-refractivity contribution in [2.45, 2.75) is 26.3 Å². The second-order valence-electron chi connectivity index (χ2n) is 5.49. The van der Waals surface area contributed by atoms with Crippen molar-refractivity contribution in [2.75, 3.05) is 13.6 Å². The lowest BCUT2D eigenvalue weighted by Gasteiger charge is -2.11. The molecular formula is C16H20N2O2S. The maximum absolute atomic E-state index is 10.7. The summed E-state index contributed by atoms with van der Waals surface area (Å²) in [5, 5.41) is 11.7. The van der Waals surface area contributed by atoms with Gasteiger partial charge in [-0.1, -0.05) is 38.1 Å². The van der Waals surface area contributed by atoms with E-state index in [1.807, 2.05) is 5.38 Å². The number of carboxylic acid groups (broad SMARTS) is 1. The van der Waals surface area contributed by atoms with Gasteiger partial charge in [0.25, 0.3) is 0 Å². The number of rotatable bonds is 6. The molecule has 21 heavy (non-hydrogen) atoms. The maximum Gasteiger partial charge on any atom is 0.317 e. The van der Waals surface area contributed by atoms with Crippen LogP contribution in [0.5, 0.6) is 0 Å². The fourth-order valence-corrected chi connectivity index (χ4v) is 2.90. The molecule has 1 aromatic carbocycles. The molecule has 0 amide bonds. The highest BCUT2D eigenvalue weighted by Crippen LogP contribution is 2.26. The number of thiazole rings is 1. The molecule has 0 spiro atoms. The molecule has 4 nitrogen and oxygen atoms in total. The molecule has 0 saturated carbocycles. The number of hydrogen-bond donors (Lipinski definition) is 1. The number of benzene rings is 1. The summed E-state index contributed by atoms with van der Waals surface area (Å²) in [7, 11) is 1.78. The number of aliphatic carboxylic acids is 1. The Morgan fingerprint density at radius 3 is 2.57 bits per heavy atom. The number of hydrogen-bond acceptors (Lipinski definition) is 4. The molecule has 0 unspecified atom stereocenters. The van der Waals surface area contributed by atoms with Gasteiger partial charge in [0.15, 0.2) is 0 Å². The standard InChI is InChI=1S/C16H20N2O2S/c1-11(2)12-4-6-13(7-5-12)16-17-14(10-21-16)8-18(3)9-15(19)20/h4-7,10-11H,8-9H2,1-3H3,(H,19,20). The molecule has 0 aliphatic heterocycles. The summed E-state index contributed by atoms with van der Waals surface area (Å²) in [5.41, 5.74) is 3.33. The van der Waals surface area contributed by atoms with Crippen LogP contribution in [0.15, 0.2) is 29.6 Å². The fraction of sp³-hybridized carbons (Fsp3) is 0.375. The third kappa shape index (κ3) is 4.37. The van der Waals surface area contributed by atoms with E-state index in [1.165, 1.54) is 5.56 Å². The molecule has 5 heteroatoms. The van der Waals surface area contributed by atoms with Crippen LogP contribution < -0.4 is 0 Å². The zero-order chi connectivity index (χ0) is 15.4. The fourth-order valence-electron chi connectivity index (χ4n) is 2.09. The minimum Gasteiger partial charge on any atom is -0.480 e. The van der Waals surface area contributed by atoms with E-state index in [0.717, 1.165) is 16.3 Å². The van der Waals surface area contributed by atoms with Crippen LogP contribution in [-0.2, 0) is 11.3 Å². The van der Waals surface area contributed by atoms with E-state index in [1.54, 1.807) is 23.3 Å². The zero-order valence-electron chi connectivity index (χ0n) is 12.5. The smallest absolute Gasteiger partial charge is 0.317 e. The van der Waals surface area contributed by atoms with Crippen LogP contribution in [0.4, 0.5) is 0 Å². The molecule has 0 radical (unpaired) electrons. The summed E-state index contributed by atoms with van der Waals surface area (Å²) in [6.07, 6.45) is 0. The predicted molar refractivity (Wildman–Crippen MR) is 85.6 cm³/mol. The van der Waals surface area contributed by atoms with E-state index < -0.39 is 5.97 Å². The van der Waals surface area contributed by atoms with Crippen LogP contribution in [0, 0.1) is 0 Å². The lowest BCUT2D eigenvalue weighted by molar-refractivity contribution is -0.138. The molecular weight excluding hydrogens is 284 g/mol. The number of nitrogens with zero attached hydrogens (tertiary/aromatic N) is 2. The topological polar surface area (TPSA) is 53.4 Å². The second kappa shape index (κ2) is 6.83. The molecule has 1 heterocycles. The lowest BCUT2D eigenvalue weighted by atomic mass is 10.0. The van der Waals surface area contributed by atoms with Gasteiger partial charge in [0.1, 0.15) is 5.01 Å². The average Bonchev–Trinajstić information content (AvgIpc) is 2.86. The Morgan fingerprint density at radius 2 is 2.00 bits per heavy atom. The SMILES string of the molecule is CC(C)c1ccc(-c2nc(CN(C)CC(=O)O)cs2)cc1. The van der Waals surface area contributed by atoms with Gasteiger partial charge in [-0.25, -0.2) is 4.98 Å². The van der Waals surface area contributed by atoms with Crippen LogP contribution in [0.2, 0.25) is 0 Å². The highest BCUT2D eigenvalue weighted by molar-refractivity contribution is 7.13. The first-order valence-electron chi connectivity index (χ1n) is 6.90. The van der Waals surface area contributed by atoms with E-state index in [4.69, 9.17) is 5.11 Å². The molecule has 0 aliphatic rings. The van der Waals surface area contributed by atoms with Gasteiger partial charge < -0.3 is 5.11 Å². The summed E-state index contributed by atoms with van der Waals surface area (Å²) in [6, 6.07) is 8.47. The molecule has 0 fully saturated rings. The minimum atomic E-state index is -0.822. The molecule has 0 aliphatic carbocycles. The largest absolute Gasteiger partial charge is 0.480 e. The minimum absolute atomic E-state index is 0.0238. The Labute approximate surface area is 129 Å². The Morgan fingerprint density at radius 1 is 1.33 bits per heavy atom. The number of carbonyl (C=O) groups is 1. The highest BCUT2D eigenvalue weighted by Gasteiger charge is 2.09. The van der Waals surface area contributed by atoms with Gasteiger partial charge in [-0.2, -0.15) is 0 Å². The highest BCUT2D eigenvalue weighted by atomic mass is 32.1. The van der Waals surface area contributed by atoms with Crippen LogP contribution in [0.3, 0.4) is 0 Å². The molecule has 112 valence electrons. The Bertz CT molecular complexity index is 605. The summed E-state index contributed by atoms with van der Waals surface area (Å²) >= 11 is 1.59. The zero-order valence-corrected chi connectivity index (χ0v) is 13.4. The normalized spacial score (nSPS) is 11.3. The van der Waals surface area contributed by atoms with Crippen molar-refractivity contribution in [3.05, 3.63) is 40.9 Å². The van der Waals surface area contributed by atoms with Gasteiger partial charge in [-0.05, 0) is 18.5 Å². The number of aromatic nitrogens is 1. The average molecular weight is 304 g/mol. The van der Waals surface area contributed by atoms with Crippen molar-refractivity contribution >= 4 is 17.3 Å². The van der Waals surface area contributed by atoms with Crippen LogP contribution in [0.25, 0.3) is 10.6 Å². The van der Waals surface area contributed by atoms with Crippen LogP contribution in [-0.4, -0.2) is 34.6 Å². The summed E-state index contributed by atoms with van der Waals surface area (Å²) in [4.78, 5) is 17.0. The first-order chi connectivity index (χ1) is 9.95. The molecule has 1 N–H and O–H groups in total. The van der Waals surface area contributed by atoms with Crippen molar-refractivity contribution in [3.8, 4) is 10.6 Å². The lowest BCUT2D eigenvalue weighted by Crippen LogP contribution is -2.25. The van der Waals surface area contributed by atoms with Crippen molar-refractivity contribution in [1.82, 2.24) is 9.88 Å². The Balaban J connectivity index is 2.07. The van der Waals surface area contributed by atoms with E-state index in [0.29, 0.717) is 12.5 Å².